The molecular formula is C23H16BrN2O4S-. The van der Waals surface area contributed by atoms with Crippen molar-refractivity contribution in [2.24, 2.45) is 0 Å². The van der Waals surface area contributed by atoms with Crippen molar-refractivity contribution < 1.29 is 17.8 Å². The molecule has 4 aromatic carbocycles. The summed E-state index contributed by atoms with van der Waals surface area (Å²) < 4.78 is 28.8. The molecule has 0 heterocycles. The summed E-state index contributed by atoms with van der Waals surface area (Å²) in [5.74, 6) is -0.144. The van der Waals surface area contributed by atoms with Gasteiger partial charge >= 0.3 is 0 Å². The average Bonchev–Trinajstić information content (AvgIpc) is 2.77. The van der Waals surface area contributed by atoms with Gasteiger partial charge in [-0.05, 0) is 53.9 Å². The molecule has 0 aromatic heterocycles. The lowest BCUT2D eigenvalue weighted by Gasteiger charge is -2.26. The van der Waals surface area contributed by atoms with Crippen LogP contribution in [0.4, 0.5) is 17.1 Å². The van der Waals surface area contributed by atoms with E-state index in [1.54, 1.807) is 72.8 Å². The van der Waals surface area contributed by atoms with E-state index in [0.717, 1.165) is 9.54 Å². The first-order valence-corrected chi connectivity index (χ1v) is 11.0. The Morgan fingerprint density at radius 3 is 2.19 bits per heavy atom. The Hall–Kier alpha value is -3.04. The van der Waals surface area contributed by atoms with Crippen LogP contribution in [0.5, 0.6) is 0 Å². The second kappa shape index (κ2) is 8.99. The number of benzene rings is 4. The van der Waals surface area contributed by atoms with E-state index in [1.807, 2.05) is 12.1 Å². The Labute approximate surface area is 189 Å². The predicted molar refractivity (Wildman–Crippen MR) is 125 cm³/mol. The van der Waals surface area contributed by atoms with Crippen molar-refractivity contribution in [2.45, 2.75) is 0 Å². The predicted octanol–water partition coefficient (Wildman–Crippen LogP) is 5.28. The van der Waals surface area contributed by atoms with Gasteiger partial charge in [-0.15, -0.1) is 0 Å². The van der Waals surface area contributed by atoms with Crippen LogP contribution in [0.25, 0.3) is 10.8 Å². The van der Waals surface area contributed by atoms with Crippen molar-refractivity contribution in [3.63, 3.8) is 0 Å². The number of para-hydroxylation sites is 2. The fourth-order valence-electron chi connectivity index (χ4n) is 3.36. The van der Waals surface area contributed by atoms with E-state index < -0.39 is 11.4 Å². The minimum Gasteiger partial charge on any atom is -0.748 e. The molecule has 1 unspecified atom stereocenters. The van der Waals surface area contributed by atoms with Gasteiger partial charge in [0.1, 0.15) is 11.4 Å². The summed E-state index contributed by atoms with van der Waals surface area (Å²) in [6, 6.07) is 24.4. The highest BCUT2D eigenvalue weighted by atomic mass is 79.9. The molecule has 0 bridgehead atoms. The number of hydrogen-bond acceptors (Lipinski definition) is 6. The molecule has 0 aliphatic rings. The fraction of sp³-hybridized carbons (Fsp3) is 0. The molecule has 8 heteroatoms. The van der Waals surface area contributed by atoms with Crippen LogP contribution in [-0.4, -0.2) is 14.5 Å². The van der Waals surface area contributed by atoms with Crippen molar-refractivity contribution in [2.75, 3.05) is 10.8 Å². The summed E-state index contributed by atoms with van der Waals surface area (Å²) in [6.45, 7) is 0. The molecular weight excluding hydrogens is 480 g/mol. The number of halogens is 1. The lowest BCUT2D eigenvalue weighted by atomic mass is 9.96. The lowest BCUT2D eigenvalue weighted by Crippen LogP contribution is -2.20. The number of anilines is 3. The van der Waals surface area contributed by atoms with Crippen LogP contribution in [0.3, 0.4) is 0 Å². The first kappa shape index (κ1) is 21.2. The molecule has 0 aliphatic carbocycles. The molecule has 2 N–H and O–H groups in total. The second-order valence-electron chi connectivity index (χ2n) is 6.65. The molecule has 0 radical (unpaired) electrons. The lowest BCUT2D eigenvalue weighted by molar-refractivity contribution is 0.104. The minimum atomic E-state index is -2.84. The summed E-state index contributed by atoms with van der Waals surface area (Å²) in [7, 11) is 0. The number of rotatable bonds is 6. The second-order valence-corrected chi connectivity index (χ2v) is 8.12. The Bertz CT molecular complexity index is 1290. The fourth-order valence-corrected chi connectivity index (χ4v) is 3.91. The summed E-state index contributed by atoms with van der Waals surface area (Å²) in [4.78, 5) is 13.2. The van der Waals surface area contributed by atoms with Crippen molar-refractivity contribution >= 4 is 60.9 Å². The first-order valence-electron chi connectivity index (χ1n) is 9.20. The third-order valence-electron chi connectivity index (χ3n) is 4.76. The van der Waals surface area contributed by atoms with E-state index in [-0.39, 0.29) is 5.78 Å². The highest BCUT2D eigenvalue weighted by Crippen LogP contribution is 2.37. The zero-order valence-corrected chi connectivity index (χ0v) is 18.4. The van der Waals surface area contributed by atoms with Crippen LogP contribution in [0.2, 0.25) is 0 Å². The van der Waals surface area contributed by atoms with Gasteiger partial charge in [-0.2, -0.15) is 4.28 Å². The van der Waals surface area contributed by atoms with Gasteiger partial charge in [0.25, 0.3) is 0 Å². The number of carbonyl (C=O) groups is 1. The number of carbonyl (C=O) groups excluding carboxylic acids is 1. The van der Waals surface area contributed by atoms with Crippen LogP contribution >= 0.6 is 15.9 Å². The summed E-state index contributed by atoms with van der Waals surface area (Å²) in [5.41, 5.74) is 8.24. The molecule has 1 atom stereocenters. The molecule has 0 aliphatic heterocycles. The molecule has 0 saturated heterocycles. The first-order chi connectivity index (χ1) is 15.0. The van der Waals surface area contributed by atoms with Crippen LogP contribution in [0, 0.1) is 0 Å². The van der Waals surface area contributed by atoms with E-state index in [4.69, 9.17) is 10.0 Å². The van der Waals surface area contributed by atoms with Gasteiger partial charge in [-0.25, -0.2) is 9.27 Å². The topological polar surface area (TPSA) is 95.7 Å². The van der Waals surface area contributed by atoms with Gasteiger partial charge in [-0.1, -0.05) is 52.3 Å². The van der Waals surface area contributed by atoms with Gasteiger partial charge in [0.15, 0.2) is 5.78 Å². The third kappa shape index (κ3) is 4.38. The molecule has 0 fully saturated rings. The Balaban J connectivity index is 1.89. The van der Waals surface area contributed by atoms with Gasteiger partial charge in [-0.3, -0.25) is 4.79 Å². The number of nitrogens with zero attached hydrogens (tertiary/aromatic N) is 1. The number of nitrogens with two attached hydrogens (primary N) is 1. The summed E-state index contributed by atoms with van der Waals surface area (Å²) in [6.07, 6.45) is 0. The van der Waals surface area contributed by atoms with E-state index in [0.29, 0.717) is 39.0 Å². The number of fused-ring (bicyclic) bond motifs is 1. The maximum absolute atomic E-state index is 13.2. The van der Waals surface area contributed by atoms with Crippen molar-refractivity contribution in [3.05, 3.63) is 101 Å². The molecule has 0 saturated carbocycles. The quantitative estimate of drug-likeness (QED) is 0.169. The summed E-state index contributed by atoms with van der Waals surface area (Å²) in [5, 5.41) is 2.45. The number of ketones is 1. The highest BCUT2D eigenvalue weighted by molar-refractivity contribution is 9.10. The average molecular weight is 496 g/mol. The number of hydrogen-bond donors (Lipinski definition) is 1. The van der Waals surface area contributed by atoms with E-state index in [9.17, 15) is 13.6 Å². The van der Waals surface area contributed by atoms with Crippen molar-refractivity contribution in [3.8, 4) is 0 Å². The van der Waals surface area contributed by atoms with Crippen molar-refractivity contribution in [1.29, 1.82) is 0 Å². The summed E-state index contributed by atoms with van der Waals surface area (Å²) >= 11 is 0.527. The van der Waals surface area contributed by atoms with E-state index >= 15 is 0 Å². The molecule has 31 heavy (non-hydrogen) atoms. The molecule has 6 nitrogen and oxygen atoms in total. The van der Waals surface area contributed by atoms with Crippen LogP contribution in [-0.2, 0) is 15.6 Å². The number of nitrogen functional groups attached to an aromatic ring is 1. The van der Waals surface area contributed by atoms with Gasteiger partial charge in [0, 0.05) is 21.0 Å². The zero-order valence-electron chi connectivity index (χ0n) is 16.0. The van der Waals surface area contributed by atoms with Gasteiger partial charge < -0.3 is 10.3 Å². The molecule has 156 valence electrons. The Morgan fingerprint density at radius 2 is 1.52 bits per heavy atom. The van der Waals surface area contributed by atoms with Gasteiger partial charge in [0.2, 0.25) is 0 Å². The van der Waals surface area contributed by atoms with E-state index in [2.05, 4.69) is 15.9 Å². The third-order valence-corrected chi connectivity index (χ3v) is 5.56. The standard InChI is InChI=1S/C23H17BrN2O4S/c24-16-11-9-15(10-12-16)23(27)19-13-14-21(18-6-2-1-5-17(18)19)26(30-31(28)29)22-8-4-3-7-20(22)25/h1-14H,25H2,(H,28,29)/p-1. The Kier molecular flexibility index (Phi) is 6.15. The minimum absolute atomic E-state index is 0.144. The molecule has 4 rings (SSSR count). The molecule has 4 aromatic rings. The highest BCUT2D eigenvalue weighted by Gasteiger charge is 2.20. The smallest absolute Gasteiger partial charge is 0.193 e. The largest absolute Gasteiger partial charge is 0.748 e. The van der Waals surface area contributed by atoms with Crippen LogP contribution in [0.1, 0.15) is 15.9 Å². The SMILES string of the molecule is Nc1ccccc1N(OS(=O)[O-])c1ccc(C(=O)c2ccc(Br)cc2)c2ccccc12. The van der Waals surface area contributed by atoms with Crippen LogP contribution < -0.4 is 10.8 Å². The normalized spacial score (nSPS) is 11.9. The molecule has 0 amide bonds. The van der Waals surface area contributed by atoms with Crippen molar-refractivity contribution in [1.82, 2.24) is 0 Å². The van der Waals surface area contributed by atoms with Crippen LogP contribution in [0.15, 0.2) is 89.4 Å². The molecule has 0 spiro atoms. The zero-order chi connectivity index (χ0) is 22.0. The monoisotopic (exact) mass is 495 g/mol. The maximum atomic E-state index is 13.2. The maximum Gasteiger partial charge on any atom is 0.193 e. The van der Waals surface area contributed by atoms with Gasteiger partial charge in [0.05, 0.1) is 17.1 Å². The Morgan fingerprint density at radius 1 is 0.871 bits per heavy atom. The van der Waals surface area contributed by atoms with E-state index in [1.165, 1.54) is 0 Å².